The molecule has 0 saturated carbocycles. The Morgan fingerprint density at radius 3 is 2.39 bits per heavy atom. The van der Waals surface area contributed by atoms with Crippen LogP contribution in [0, 0.1) is 0 Å². The number of imidazole rings is 1. The van der Waals surface area contributed by atoms with Crippen LogP contribution in [-0.2, 0) is 31.9 Å². The third kappa shape index (κ3) is 3.39. The van der Waals surface area contributed by atoms with E-state index in [1.54, 1.807) is 7.05 Å². The molecule has 0 atom stereocenters. The Balaban J connectivity index is 1.87. The molecule has 0 unspecified atom stereocenters. The van der Waals surface area contributed by atoms with Crippen LogP contribution in [0.4, 0.5) is 0 Å². The Bertz CT molecular complexity index is 1120. The number of benzene rings is 1. The van der Waals surface area contributed by atoms with Crippen LogP contribution in [0.15, 0.2) is 33.9 Å². The first-order valence-electron chi connectivity index (χ1n) is 9.15. The summed E-state index contributed by atoms with van der Waals surface area (Å²) in [4.78, 5) is 32.2. The van der Waals surface area contributed by atoms with Crippen LogP contribution in [-0.4, -0.2) is 49.9 Å². The molecule has 0 bridgehead atoms. The fraction of sp³-hybridized carbons (Fsp3) is 0.421. The van der Waals surface area contributed by atoms with E-state index in [0.29, 0.717) is 42.5 Å². The number of ether oxygens (including phenoxy) is 1. The largest absolute Gasteiger partial charge is 0.379 e. The van der Waals surface area contributed by atoms with E-state index < -0.39 is 0 Å². The monoisotopic (exact) mass is 403 g/mol. The molecule has 3 heterocycles. The molecule has 1 fully saturated rings. The van der Waals surface area contributed by atoms with Gasteiger partial charge in [-0.1, -0.05) is 23.7 Å². The van der Waals surface area contributed by atoms with Gasteiger partial charge in [-0.25, -0.2) is 9.78 Å². The summed E-state index contributed by atoms with van der Waals surface area (Å²) < 4.78 is 9.89. The zero-order valence-electron chi connectivity index (χ0n) is 15.9. The number of hydrogen-bond acceptors (Lipinski definition) is 5. The second kappa shape index (κ2) is 7.54. The Morgan fingerprint density at radius 2 is 1.71 bits per heavy atom. The van der Waals surface area contributed by atoms with Crippen molar-refractivity contribution in [2.75, 3.05) is 26.3 Å². The maximum atomic E-state index is 12.9. The van der Waals surface area contributed by atoms with E-state index in [-0.39, 0.29) is 11.2 Å². The van der Waals surface area contributed by atoms with Crippen LogP contribution in [0.3, 0.4) is 0 Å². The average Bonchev–Trinajstić information content (AvgIpc) is 3.05. The lowest BCUT2D eigenvalue weighted by molar-refractivity contribution is 0.0327. The van der Waals surface area contributed by atoms with Crippen LogP contribution in [0.25, 0.3) is 11.2 Å². The quantitative estimate of drug-likeness (QED) is 0.649. The Hall–Kier alpha value is -2.42. The van der Waals surface area contributed by atoms with Crippen molar-refractivity contribution >= 4 is 22.8 Å². The smallest absolute Gasteiger partial charge is 0.332 e. The maximum Gasteiger partial charge on any atom is 0.332 e. The van der Waals surface area contributed by atoms with Crippen LogP contribution < -0.4 is 11.2 Å². The molecule has 0 amide bonds. The molecule has 8 nitrogen and oxygen atoms in total. The lowest BCUT2D eigenvalue weighted by Gasteiger charge is -2.26. The van der Waals surface area contributed by atoms with Gasteiger partial charge in [0, 0.05) is 38.8 Å². The molecule has 0 aliphatic carbocycles. The molecule has 0 radical (unpaired) electrons. The SMILES string of the molecule is Cn1c(=O)c2c(nc(CN3CCOCC3)n2Cc2ccc(Cl)cc2)n(C)c1=O. The predicted octanol–water partition coefficient (Wildman–Crippen LogP) is 0.968. The molecule has 2 aromatic heterocycles. The van der Waals surface area contributed by atoms with E-state index >= 15 is 0 Å². The summed E-state index contributed by atoms with van der Waals surface area (Å²) in [7, 11) is 3.13. The van der Waals surface area contributed by atoms with Crippen LogP contribution >= 0.6 is 11.6 Å². The lowest BCUT2D eigenvalue weighted by Crippen LogP contribution is -2.38. The summed E-state index contributed by atoms with van der Waals surface area (Å²) in [5.74, 6) is 0.755. The van der Waals surface area contributed by atoms with Gasteiger partial charge in [0.15, 0.2) is 11.2 Å². The first kappa shape index (κ1) is 18.9. The third-order valence-electron chi connectivity index (χ3n) is 5.15. The molecule has 3 aromatic rings. The minimum atomic E-state index is -0.383. The molecule has 9 heteroatoms. The van der Waals surface area contributed by atoms with Gasteiger partial charge in [0.05, 0.1) is 19.8 Å². The molecule has 28 heavy (non-hydrogen) atoms. The highest BCUT2D eigenvalue weighted by atomic mass is 35.5. The van der Waals surface area contributed by atoms with Crippen molar-refractivity contribution in [2.24, 2.45) is 14.1 Å². The van der Waals surface area contributed by atoms with Gasteiger partial charge in [0.1, 0.15) is 5.82 Å². The Morgan fingerprint density at radius 1 is 1.04 bits per heavy atom. The van der Waals surface area contributed by atoms with E-state index in [4.69, 9.17) is 16.3 Å². The molecule has 148 valence electrons. The number of hydrogen-bond donors (Lipinski definition) is 0. The highest BCUT2D eigenvalue weighted by Gasteiger charge is 2.21. The second-order valence-electron chi connectivity index (χ2n) is 7.01. The number of rotatable bonds is 4. The number of nitrogens with zero attached hydrogens (tertiary/aromatic N) is 5. The predicted molar refractivity (Wildman–Crippen MR) is 107 cm³/mol. The fourth-order valence-electron chi connectivity index (χ4n) is 3.51. The standard InChI is InChI=1S/C19H22ClN5O3/c1-22-17-16(18(26)23(2)19(22)27)25(11-13-3-5-14(20)6-4-13)15(21-17)12-24-7-9-28-10-8-24/h3-6H,7-12H2,1-2H3. The van der Waals surface area contributed by atoms with Gasteiger partial charge in [0.2, 0.25) is 0 Å². The number of fused-ring (bicyclic) bond motifs is 1. The summed E-state index contributed by atoms with van der Waals surface area (Å²) in [5, 5.41) is 0.658. The molecule has 0 N–H and O–H groups in total. The van der Waals surface area contributed by atoms with E-state index in [0.717, 1.165) is 29.0 Å². The first-order valence-corrected chi connectivity index (χ1v) is 9.53. The number of morpholine rings is 1. The van der Waals surface area contributed by atoms with Crippen molar-refractivity contribution < 1.29 is 4.74 Å². The van der Waals surface area contributed by atoms with Gasteiger partial charge in [-0.3, -0.25) is 18.8 Å². The summed E-state index contributed by atoms with van der Waals surface area (Å²) >= 11 is 6.00. The van der Waals surface area contributed by atoms with Crippen molar-refractivity contribution in [3.8, 4) is 0 Å². The van der Waals surface area contributed by atoms with Crippen molar-refractivity contribution in [3.63, 3.8) is 0 Å². The molecule has 1 aromatic carbocycles. The van der Waals surface area contributed by atoms with Gasteiger partial charge < -0.3 is 9.30 Å². The van der Waals surface area contributed by atoms with E-state index in [9.17, 15) is 9.59 Å². The van der Waals surface area contributed by atoms with Crippen molar-refractivity contribution in [2.45, 2.75) is 13.1 Å². The number of aryl methyl sites for hydroxylation is 1. The molecular formula is C19H22ClN5O3. The molecular weight excluding hydrogens is 382 g/mol. The number of halogens is 1. The zero-order chi connectivity index (χ0) is 19.8. The average molecular weight is 404 g/mol. The summed E-state index contributed by atoms with van der Waals surface area (Å²) in [6, 6.07) is 7.51. The van der Waals surface area contributed by atoms with Crippen molar-refractivity contribution in [1.82, 2.24) is 23.6 Å². The topological polar surface area (TPSA) is 74.3 Å². The fourth-order valence-corrected chi connectivity index (χ4v) is 3.64. The zero-order valence-corrected chi connectivity index (χ0v) is 16.6. The minimum Gasteiger partial charge on any atom is -0.379 e. The van der Waals surface area contributed by atoms with E-state index in [1.165, 1.54) is 11.6 Å². The maximum absolute atomic E-state index is 12.9. The van der Waals surface area contributed by atoms with Gasteiger partial charge in [0.25, 0.3) is 5.56 Å². The molecule has 1 aliphatic heterocycles. The van der Waals surface area contributed by atoms with Crippen LogP contribution in [0.5, 0.6) is 0 Å². The first-order chi connectivity index (χ1) is 13.5. The third-order valence-corrected chi connectivity index (χ3v) is 5.40. The second-order valence-corrected chi connectivity index (χ2v) is 7.44. The Kier molecular flexibility index (Phi) is 5.09. The Labute approximate surface area is 166 Å². The summed E-state index contributed by atoms with van der Waals surface area (Å²) in [6.07, 6.45) is 0. The highest BCUT2D eigenvalue weighted by Crippen LogP contribution is 2.18. The normalized spacial score (nSPS) is 15.4. The van der Waals surface area contributed by atoms with E-state index in [1.807, 2.05) is 28.8 Å². The van der Waals surface area contributed by atoms with E-state index in [2.05, 4.69) is 9.88 Å². The molecule has 4 rings (SSSR count). The highest BCUT2D eigenvalue weighted by molar-refractivity contribution is 6.30. The van der Waals surface area contributed by atoms with Gasteiger partial charge in [-0.2, -0.15) is 0 Å². The molecule has 1 saturated heterocycles. The van der Waals surface area contributed by atoms with Gasteiger partial charge in [-0.15, -0.1) is 0 Å². The van der Waals surface area contributed by atoms with Crippen LogP contribution in [0.2, 0.25) is 5.02 Å². The van der Waals surface area contributed by atoms with Crippen molar-refractivity contribution in [1.29, 1.82) is 0 Å². The molecule has 1 aliphatic rings. The molecule has 0 spiro atoms. The lowest BCUT2D eigenvalue weighted by atomic mass is 10.2. The van der Waals surface area contributed by atoms with Gasteiger partial charge >= 0.3 is 5.69 Å². The van der Waals surface area contributed by atoms with Gasteiger partial charge in [-0.05, 0) is 17.7 Å². The van der Waals surface area contributed by atoms with Crippen molar-refractivity contribution in [3.05, 3.63) is 61.5 Å². The van der Waals surface area contributed by atoms with Crippen LogP contribution in [0.1, 0.15) is 11.4 Å². The minimum absolute atomic E-state index is 0.340. The number of aromatic nitrogens is 4. The summed E-state index contributed by atoms with van der Waals surface area (Å²) in [5.41, 5.74) is 1.12. The summed E-state index contributed by atoms with van der Waals surface area (Å²) in [6.45, 7) is 4.03.